The van der Waals surface area contributed by atoms with Gasteiger partial charge in [-0.15, -0.1) is 0 Å². The van der Waals surface area contributed by atoms with E-state index in [2.05, 4.69) is 4.98 Å². The highest BCUT2D eigenvalue weighted by Crippen LogP contribution is 2.04. The number of aromatic nitrogens is 2. The van der Waals surface area contributed by atoms with Crippen molar-refractivity contribution in [2.24, 2.45) is 0 Å². The van der Waals surface area contributed by atoms with Crippen molar-refractivity contribution >= 4 is 5.97 Å². The van der Waals surface area contributed by atoms with Crippen LogP contribution in [0, 0.1) is 0 Å². The molecule has 2 N–H and O–H groups in total. The number of aliphatic carboxylic acids is 1. The van der Waals surface area contributed by atoms with E-state index >= 15 is 0 Å². The fourth-order valence-electron chi connectivity index (χ4n) is 1.45. The highest BCUT2D eigenvalue weighted by molar-refractivity contribution is 5.67. The molecule has 1 aromatic rings. The van der Waals surface area contributed by atoms with Crippen LogP contribution in [0.3, 0.4) is 0 Å². The van der Waals surface area contributed by atoms with Gasteiger partial charge in [0.2, 0.25) is 0 Å². The largest absolute Gasteiger partial charge is 0.481 e. The quantitative estimate of drug-likeness (QED) is 0.726. The first kappa shape index (κ1) is 11.7. The SMILES string of the molecule is CCCc1nccn1CC(O)CC(=O)O. The third-order valence-electron chi connectivity index (χ3n) is 2.09. The Morgan fingerprint density at radius 3 is 3.00 bits per heavy atom. The normalized spacial score (nSPS) is 12.7. The molecule has 0 aliphatic carbocycles. The standard InChI is InChI=1S/C10H16N2O3/c1-2-3-9-11-4-5-12(9)7-8(13)6-10(14)15/h4-5,8,13H,2-3,6-7H2,1H3,(H,14,15). The fraction of sp³-hybridized carbons (Fsp3) is 0.600. The van der Waals surface area contributed by atoms with Gasteiger partial charge < -0.3 is 14.8 Å². The van der Waals surface area contributed by atoms with Crippen LogP contribution in [0.25, 0.3) is 0 Å². The molecule has 0 spiro atoms. The Balaban J connectivity index is 2.55. The van der Waals surface area contributed by atoms with Crippen LogP contribution in [-0.4, -0.2) is 31.8 Å². The molecule has 0 bridgehead atoms. The minimum atomic E-state index is -0.986. The number of hydrogen-bond donors (Lipinski definition) is 2. The first-order valence-electron chi connectivity index (χ1n) is 5.03. The monoisotopic (exact) mass is 212 g/mol. The first-order chi connectivity index (χ1) is 7.13. The Morgan fingerprint density at radius 2 is 2.40 bits per heavy atom. The van der Waals surface area contributed by atoms with Crippen LogP contribution >= 0.6 is 0 Å². The number of rotatable bonds is 6. The van der Waals surface area contributed by atoms with Gasteiger partial charge in [0.05, 0.1) is 19.1 Å². The lowest BCUT2D eigenvalue weighted by Crippen LogP contribution is -2.20. The molecule has 0 aromatic carbocycles. The Morgan fingerprint density at radius 1 is 1.67 bits per heavy atom. The average Bonchev–Trinajstić information content (AvgIpc) is 2.52. The van der Waals surface area contributed by atoms with Crippen molar-refractivity contribution in [1.82, 2.24) is 9.55 Å². The van der Waals surface area contributed by atoms with E-state index < -0.39 is 12.1 Å². The third-order valence-corrected chi connectivity index (χ3v) is 2.09. The molecule has 0 saturated heterocycles. The summed E-state index contributed by atoms with van der Waals surface area (Å²) < 4.78 is 1.80. The van der Waals surface area contributed by atoms with Crippen LogP contribution in [-0.2, 0) is 17.8 Å². The number of hydrogen-bond acceptors (Lipinski definition) is 3. The van der Waals surface area contributed by atoms with Crippen molar-refractivity contribution in [3.8, 4) is 0 Å². The maximum Gasteiger partial charge on any atom is 0.306 e. The summed E-state index contributed by atoms with van der Waals surface area (Å²) in [7, 11) is 0. The van der Waals surface area contributed by atoms with Crippen molar-refractivity contribution < 1.29 is 15.0 Å². The van der Waals surface area contributed by atoms with Crippen LogP contribution < -0.4 is 0 Å². The van der Waals surface area contributed by atoms with E-state index in [9.17, 15) is 9.90 Å². The predicted octanol–water partition coefficient (Wildman–Crippen LogP) is 0.671. The lowest BCUT2D eigenvalue weighted by atomic mass is 10.2. The van der Waals surface area contributed by atoms with E-state index in [0.717, 1.165) is 18.7 Å². The number of aryl methyl sites for hydroxylation is 1. The van der Waals surface area contributed by atoms with Crippen LogP contribution in [0.1, 0.15) is 25.6 Å². The van der Waals surface area contributed by atoms with Gasteiger partial charge in [0.25, 0.3) is 0 Å². The number of carboxylic acid groups (broad SMARTS) is 1. The number of carboxylic acids is 1. The summed E-state index contributed by atoms with van der Waals surface area (Å²) in [5, 5.41) is 18.0. The van der Waals surface area contributed by atoms with Gasteiger partial charge in [-0.1, -0.05) is 6.92 Å². The molecule has 0 fully saturated rings. The number of aliphatic hydroxyl groups is 1. The predicted molar refractivity (Wildman–Crippen MR) is 54.5 cm³/mol. The summed E-state index contributed by atoms with van der Waals surface area (Å²) in [6, 6.07) is 0. The molecule has 15 heavy (non-hydrogen) atoms. The van der Waals surface area contributed by atoms with Crippen LogP contribution in [0.5, 0.6) is 0 Å². The zero-order valence-corrected chi connectivity index (χ0v) is 8.76. The number of carbonyl (C=O) groups is 1. The lowest BCUT2D eigenvalue weighted by molar-refractivity contribution is -0.139. The Hall–Kier alpha value is -1.36. The van der Waals surface area contributed by atoms with Gasteiger partial charge in [-0.25, -0.2) is 4.98 Å². The molecule has 0 aliphatic heterocycles. The summed E-state index contributed by atoms with van der Waals surface area (Å²) in [6.45, 7) is 2.34. The number of nitrogens with zero attached hydrogens (tertiary/aromatic N) is 2. The molecule has 84 valence electrons. The Bertz CT molecular complexity index is 322. The molecule has 5 heteroatoms. The highest BCUT2D eigenvalue weighted by atomic mass is 16.4. The van der Waals surface area contributed by atoms with E-state index in [1.54, 1.807) is 17.0 Å². The molecule has 1 atom stereocenters. The lowest BCUT2D eigenvalue weighted by Gasteiger charge is -2.11. The van der Waals surface area contributed by atoms with Gasteiger partial charge in [0, 0.05) is 18.8 Å². The zero-order chi connectivity index (χ0) is 11.3. The van der Waals surface area contributed by atoms with Crippen molar-refractivity contribution in [1.29, 1.82) is 0 Å². The average molecular weight is 212 g/mol. The molecule has 1 heterocycles. The Kier molecular flexibility index (Phi) is 4.30. The van der Waals surface area contributed by atoms with E-state index in [1.165, 1.54) is 0 Å². The zero-order valence-electron chi connectivity index (χ0n) is 8.76. The van der Waals surface area contributed by atoms with Gasteiger partial charge in [-0.2, -0.15) is 0 Å². The van der Waals surface area contributed by atoms with E-state index in [-0.39, 0.29) is 6.42 Å². The van der Waals surface area contributed by atoms with Crippen LogP contribution in [0.15, 0.2) is 12.4 Å². The topological polar surface area (TPSA) is 75.3 Å². The van der Waals surface area contributed by atoms with E-state index in [1.807, 2.05) is 6.92 Å². The van der Waals surface area contributed by atoms with E-state index in [4.69, 9.17) is 5.11 Å². The summed E-state index contributed by atoms with van der Waals surface area (Å²) in [6.07, 6.45) is 4.16. The maximum atomic E-state index is 10.4. The van der Waals surface area contributed by atoms with Crippen LogP contribution in [0.2, 0.25) is 0 Å². The van der Waals surface area contributed by atoms with E-state index in [0.29, 0.717) is 6.54 Å². The summed E-state index contributed by atoms with van der Waals surface area (Å²) in [5.74, 6) is -0.0957. The molecule has 0 aliphatic rings. The molecule has 1 rings (SSSR count). The maximum absolute atomic E-state index is 10.4. The van der Waals surface area contributed by atoms with Gasteiger partial charge in [-0.3, -0.25) is 4.79 Å². The summed E-state index contributed by atoms with van der Waals surface area (Å²) in [4.78, 5) is 14.5. The van der Waals surface area contributed by atoms with Gasteiger partial charge in [0.15, 0.2) is 0 Å². The first-order valence-corrected chi connectivity index (χ1v) is 5.03. The second-order valence-corrected chi connectivity index (χ2v) is 3.50. The van der Waals surface area contributed by atoms with Gasteiger partial charge >= 0.3 is 5.97 Å². The summed E-state index contributed by atoms with van der Waals surface area (Å²) >= 11 is 0. The van der Waals surface area contributed by atoms with Crippen molar-refractivity contribution in [3.63, 3.8) is 0 Å². The van der Waals surface area contributed by atoms with Gasteiger partial charge in [-0.05, 0) is 6.42 Å². The Labute approximate surface area is 88.4 Å². The minimum absolute atomic E-state index is 0.232. The smallest absolute Gasteiger partial charge is 0.306 e. The van der Waals surface area contributed by atoms with Crippen molar-refractivity contribution in [3.05, 3.63) is 18.2 Å². The highest BCUT2D eigenvalue weighted by Gasteiger charge is 2.11. The second-order valence-electron chi connectivity index (χ2n) is 3.50. The second kappa shape index (κ2) is 5.50. The van der Waals surface area contributed by atoms with Crippen molar-refractivity contribution in [2.45, 2.75) is 38.8 Å². The molecule has 0 amide bonds. The molecule has 1 unspecified atom stereocenters. The minimum Gasteiger partial charge on any atom is -0.481 e. The molecule has 0 saturated carbocycles. The number of aliphatic hydroxyl groups excluding tert-OH is 1. The van der Waals surface area contributed by atoms with Crippen molar-refractivity contribution in [2.75, 3.05) is 0 Å². The molecule has 1 aromatic heterocycles. The molecular formula is C10H16N2O3. The fourth-order valence-corrected chi connectivity index (χ4v) is 1.45. The third kappa shape index (κ3) is 3.71. The number of imidazole rings is 1. The van der Waals surface area contributed by atoms with Crippen LogP contribution in [0.4, 0.5) is 0 Å². The molecular weight excluding hydrogens is 196 g/mol. The molecule has 5 nitrogen and oxygen atoms in total. The summed E-state index contributed by atoms with van der Waals surface area (Å²) in [5.41, 5.74) is 0. The van der Waals surface area contributed by atoms with Gasteiger partial charge in [0.1, 0.15) is 5.82 Å². The molecule has 0 radical (unpaired) electrons.